The number of nitrogen functional groups attached to an aromatic ring is 1. The molecule has 3 N–H and O–H groups in total. The lowest BCUT2D eigenvalue weighted by molar-refractivity contribution is -0.135. The minimum atomic E-state index is -4.01. The summed E-state index contributed by atoms with van der Waals surface area (Å²) in [5.41, 5.74) is 6.87. The quantitative estimate of drug-likeness (QED) is 0.0783. The normalized spacial score (nSPS) is 14.3. The summed E-state index contributed by atoms with van der Waals surface area (Å²) >= 11 is 0. The SMILES string of the molecule is C[C@H](Cn1cnc2c(N)ncnc21)OCP(=O)(O)OCCOCCCCCCCCCCCCCCCCCC(F)(F)F. The van der Waals surface area contributed by atoms with E-state index in [0.717, 1.165) is 32.1 Å². The number of anilines is 1. The van der Waals surface area contributed by atoms with Gasteiger partial charge in [-0.25, -0.2) is 15.0 Å². The van der Waals surface area contributed by atoms with Crippen LogP contribution in [0.1, 0.15) is 110 Å². The minimum absolute atomic E-state index is 0.0236. The maximum Gasteiger partial charge on any atom is 0.389 e. The highest BCUT2D eigenvalue weighted by atomic mass is 31.2. The first-order valence-electron chi connectivity index (χ1n) is 15.7. The van der Waals surface area contributed by atoms with Crippen molar-refractivity contribution >= 4 is 24.6 Å². The van der Waals surface area contributed by atoms with Crippen molar-refractivity contribution in [3.8, 4) is 0 Å². The average Bonchev–Trinajstić information content (AvgIpc) is 3.36. The topological polar surface area (TPSA) is 135 Å². The Bertz CT molecular complexity index is 1060. The predicted octanol–water partition coefficient (Wildman–Crippen LogP) is 7.79. The average molecular weight is 638 g/mol. The fourth-order valence-electron chi connectivity index (χ4n) is 4.79. The molecule has 1 unspecified atom stereocenters. The van der Waals surface area contributed by atoms with Crippen molar-refractivity contribution < 1.29 is 36.6 Å². The molecule has 0 saturated carbocycles. The Labute approximate surface area is 253 Å². The molecular formula is C29H51F3N5O5P. The van der Waals surface area contributed by atoms with Crippen LogP contribution in [0, 0.1) is 0 Å². The van der Waals surface area contributed by atoms with E-state index in [0.29, 0.717) is 36.6 Å². The van der Waals surface area contributed by atoms with E-state index < -0.39 is 26.5 Å². The number of aromatic nitrogens is 4. The Morgan fingerprint density at radius 2 is 1.42 bits per heavy atom. The van der Waals surface area contributed by atoms with E-state index in [9.17, 15) is 22.6 Å². The van der Waals surface area contributed by atoms with Crippen molar-refractivity contribution in [3.05, 3.63) is 12.7 Å². The third-order valence-electron chi connectivity index (χ3n) is 7.18. The monoisotopic (exact) mass is 637 g/mol. The Morgan fingerprint density at radius 3 is 2.00 bits per heavy atom. The molecule has 43 heavy (non-hydrogen) atoms. The van der Waals surface area contributed by atoms with Crippen LogP contribution in [0.3, 0.4) is 0 Å². The molecule has 0 amide bonds. The second kappa shape index (κ2) is 21.0. The number of nitrogens with zero attached hydrogens (tertiary/aromatic N) is 4. The van der Waals surface area contributed by atoms with Crippen LogP contribution in [0.2, 0.25) is 0 Å². The standard InChI is InChI=1S/C29H51F3N5O5P/c1-25(21-37-23-36-26-27(33)34-22-35-28(26)37)41-24-43(38,39)42-20-19-40-18-16-14-12-10-8-6-4-2-3-5-7-9-11-13-15-17-29(30,31)32/h22-23,25H,2-21,24H2,1H3,(H,38,39)(H2,33,34,35)/t25-/m1/s1. The van der Waals surface area contributed by atoms with Crippen LogP contribution in [-0.4, -0.2) is 62.9 Å². The minimum Gasteiger partial charge on any atom is -0.382 e. The van der Waals surface area contributed by atoms with Gasteiger partial charge < -0.3 is 29.2 Å². The molecule has 0 aliphatic carbocycles. The van der Waals surface area contributed by atoms with E-state index in [1.165, 1.54) is 57.7 Å². The lowest BCUT2D eigenvalue weighted by Gasteiger charge is -2.17. The molecule has 0 saturated heterocycles. The summed E-state index contributed by atoms with van der Waals surface area (Å²) in [5, 5.41) is 0. The number of fused-ring (bicyclic) bond motifs is 1. The van der Waals surface area contributed by atoms with Gasteiger partial charge in [-0.05, 0) is 19.8 Å². The van der Waals surface area contributed by atoms with Gasteiger partial charge in [-0.1, -0.05) is 83.5 Å². The maximum absolute atomic E-state index is 12.3. The van der Waals surface area contributed by atoms with Crippen LogP contribution in [0.15, 0.2) is 12.7 Å². The fourth-order valence-corrected chi connectivity index (χ4v) is 5.67. The van der Waals surface area contributed by atoms with Crippen LogP contribution in [-0.2, 0) is 25.1 Å². The number of halogens is 3. The third kappa shape index (κ3) is 17.9. The van der Waals surface area contributed by atoms with Gasteiger partial charge in [0, 0.05) is 13.0 Å². The van der Waals surface area contributed by atoms with Gasteiger partial charge in [0.05, 0.1) is 32.2 Å². The van der Waals surface area contributed by atoms with Gasteiger partial charge in [-0.15, -0.1) is 0 Å². The molecule has 0 aromatic carbocycles. The lowest BCUT2D eigenvalue weighted by atomic mass is 10.0. The van der Waals surface area contributed by atoms with Crippen molar-refractivity contribution in [1.29, 1.82) is 0 Å². The summed E-state index contributed by atoms with van der Waals surface area (Å²) in [5.74, 6) is 0.290. The number of rotatable bonds is 26. The Balaban J connectivity index is 1.33. The number of alkyl halides is 3. The molecule has 2 heterocycles. The van der Waals surface area contributed by atoms with Crippen LogP contribution in [0.25, 0.3) is 11.2 Å². The molecule has 2 atom stereocenters. The van der Waals surface area contributed by atoms with E-state index in [4.69, 9.17) is 19.7 Å². The van der Waals surface area contributed by atoms with Crippen LogP contribution in [0.5, 0.6) is 0 Å². The van der Waals surface area contributed by atoms with Gasteiger partial charge in [0.1, 0.15) is 18.2 Å². The summed E-state index contributed by atoms with van der Waals surface area (Å²) < 4.78 is 66.5. The number of imidazole rings is 1. The molecule has 10 nitrogen and oxygen atoms in total. The van der Waals surface area contributed by atoms with E-state index in [-0.39, 0.29) is 25.7 Å². The molecule has 0 aliphatic heterocycles. The molecule has 2 rings (SSSR count). The summed E-state index contributed by atoms with van der Waals surface area (Å²) in [6.07, 6.45) is 13.3. The van der Waals surface area contributed by atoms with Crippen LogP contribution >= 0.6 is 7.60 Å². The maximum atomic E-state index is 12.3. The highest BCUT2D eigenvalue weighted by Crippen LogP contribution is 2.41. The molecular weight excluding hydrogens is 586 g/mol. The zero-order valence-electron chi connectivity index (χ0n) is 25.6. The predicted molar refractivity (Wildman–Crippen MR) is 162 cm³/mol. The largest absolute Gasteiger partial charge is 0.389 e. The van der Waals surface area contributed by atoms with Gasteiger partial charge in [-0.3, -0.25) is 4.57 Å². The first kappa shape index (κ1) is 37.4. The van der Waals surface area contributed by atoms with Crippen molar-refractivity contribution in [2.24, 2.45) is 0 Å². The van der Waals surface area contributed by atoms with Crippen molar-refractivity contribution in [3.63, 3.8) is 0 Å². The molecule has 0 bridgehead atoms. The number of nitrogens with two attached hydrogens (primary N) is 1. The number of hydrogen-bond acceptors (Lipinski definition) is 8. The van der Waals surface area contributed by atoms with Gasteiger partial charge in [0.15, 0.2) is 11.5 Å². The Morgan fingerprint density at radius 1 is 0.860 bits per heavy atom. The smallest absolute Gasteiger partial charge is 0.382 e. The summed E-state index contributed by atoms with van der Waals surface area (Å²) in [6, 6.07) is 0. The van der Waals surface area contributed by atoms with E-state index in [1.807, 2.05) is 0 Å². The summed E-state index contributed by atoms with van der Waals surface area (Å²) in [4.78, 5) is 22.3. The first-order valence-corrected chi connectivity index (χ1v) is 17.5. The van der Waals surface area contributed by atoms with E-state index in [1.54, 1.807) is 17.8 Å². The van der Waals surface area contributed by atoms with Crippen molar-refractivity contribution in [2.75, 3.05) is 31.9 Å². The van der Waals surface area contributed by atoms with E-state index >= 15 is 0 Å². The molecule has 0 spiro atoms. The Kier molecular flexibility index (Phi) is 18.3. The van der Waals surface area contributed by atoms with Crippen LogP contribution < -0.4 is 5.73 Å². The lowest BCUT2D eigenvalue weighted by Crippen LogP contribution is -2.18. The van der Waals surface area contributed by atoms with Crippen LogP contribution in [0.4, 0.5) is 19.0 Å². The highest BCUT2D eigenvalue weighted by Gasteiger charge is 2.25. The molecule has 0 radical (unpaired) electrons. The van der Waals surface area contributed by atoms with Crippen molar-refractivity contribution in [2.45, 2.75) is 128 Å². The molecule has 2 aromatic heterocycles. The molecule has 2 aromatic rings. The second-order valence-electron chi connectivity index (χ2n) is 11.2. The first-order chi connectivity index (χ1) is 20.6. The Hall–Kier alpha value is -1.79. The van der Waals surface area contributed by atoms with Gasteiger partial charge in [0.2, 0.25) is 0 Å². The van der Waals surface area contributed by atoms with Gasteiger partial charge >= 0.3 is 13.8 Å². The zero-order chi connectivity index (χ0) is 31.4. The molecule has 14 heteroatoms. The summed E-state index contributed by atoms with van der Waals surface area (Å²) in [6.45, 7) is 3.03. The van der Waals surface area contributed by atoms with Gasteiger partial charge in [0.25, 0.3) is 0 Å². The third-order valence-corrected chi connectivity index (χ3v) is 8.24. The van der Waals surface area contributed by atoms with Crippen molar-refractivity contribution in [1.82, 2.24) is 19.5 Å². The summed E-state index contributed by atoms with van der Waals surface area (Å²) in [7, 11) is -3.89. The number of hydrogen-bond donors (Lipinski definition) is 2. The molecule has 0 aliphatic rings. The molecule has 248 valence electrons. The van der Waals surface area contributed by atoms with E-state index in [2.05, 4.69) is 15.0 Å². The number of unbranched alkanes of at least 4 members (excludes halogenated alkanes) is 14. The second-order valence-corrected chi connectivity index (χ2v) is 13.0. The van der Waals surface area contributed by atoms with Gasteiger partial charge in [-0.2, -0.15) is 13.2 Å². The zero-order valence-corrected chi connectivity index (χ0v) is 26.5. The molecule has 0 fully saturated rings. The fraction of sp³-hybridized carbons (Fsp3) is 0.828. The number of ether oxygens (including phenoxy) is 2. The highest BCUT2D eigenvalue weighted by molar-refractivity contribution is 7.52.